The fourth-order valence-electron chi connectivity index (χ4n) is 3.89. The molecule has 0 saturated carbocycles. The number of hydrogen-bond acceptors (Lipinski definition) is 4. The zero-order valence-corrected chi connectivity index (χ0v) is 16.6. The molecule has 3 aromatic rings. The SMILES string of the molecule is CCN(CC)CCCn1ccc2c3c(ccc21)Nc1ccccc1S3(=O)=O. The Kier molecular flexibility index (Phi) is 4.70. The van der Waals surface area contributed by atoms with E-state index < -0.39 is 9.84 Å². The number of aromatic nitrogens is 1. The summed E-state index contributed by atoms with van der Waals surface area (Å²) in [5.41, 5.74) is 2.27. The van der Waals surface area contributed by atoms with Crippen LogP contribution in [0, 0.1) is 0 Å². The second-order valence-electron chi connectivity index (χ2n) is 6.89. The lowest BCUT2D eigenvalue weighted by molar-refractivity contribution is 0.294. The molecular formula is C21H25N3O2S. The van der Waals surface area contributed by atoms with Crippen molar-refractivity contribution in [1.29, 1.82) is 0 Å². The highest BCUT2D eigenvalue weighted by molar-refractivity contribution is 7.92. The Balaban J connectivity index is 1.71. The molecule has 6 heteroatoms. The van der Waals surface area contributed by atoms with Crippen molar-refractivity contribution in [3.63, 3.8) is 0 Å². The van der Waals surface area contributed by atoms with Crippen LogP contribution >= 0.6 is 0 Å². The van der Waals surface area contributed by atoms with E-state index in [1.807, 2.05) is 30.5 Å². The first-order valence-corrected chi connectivity index (χ1v) is 11.0. The van der Waals surface area contributed by atoms with Gasteiger partial charge in [0.15, 0.2) is 0 Å². The maximum Gasteiger partial charge on any atom is 0.211 e. The van der Waals surface area contributed by atoms with E-state index in [4.69, 9.17) is 0 Å². The molecule has 0 aliphatic carbocycles. The number of anilines is 2. The number of rotatable bonds is 6. The van der Waals surface area contributed by atoms with Gasteiger partial charge in [0.1, 0.15) is 4.90 Å². The molecule has 142 valence electrons. The number of nitrogens with one attached hydrogen (secondary N) is 1. The number of benzene rings is 2. The molecule has 4 rings (SSSR count). The van der Waals surface area contributed by atoms with Crippen LogP contribution in [-0.2, 0) is 16.4 Å². The fraction of sp³-hybridized carbons (Fsp3) is 0.333. The summed E-state index contributed by atoms with van der Waals surface area (Å²) in [7, 11) is -3.54. The van der Waals surface area contributed by atoms with Crippen LogP contribution in [0.4, 0.5) is 11.4 Å². The van der Waals surface area contributed by atoms with E-state index in [2.05, 4.69) is 28.6 Å². The fourth-order valence-corrected chi connectivity index (χ4v) is 5.65. The summed E-state index contributed by atoms with van der Waals surface area (Å²) in [6.45, 7) is 8.39. The maximum atomic E-state index is 13.2. The van der Waals surface area contributed by atoms with Gasteiger partial charge in [-0.3, -0.25) is 0 Å². The maximum absolute atomic E-state index is 13.2. The number of para-hydroxylation sites is 1. The summed E-state index contributed by atoms with van der Waals surface area (Å²) in [6.07, 6.45) is 3.04. The number of hydrogen-bond donors (Lipinski definition) is 1. The molecule has 0 atom stereocenters. The van der Waals surface area contributed by atoms with Gasteiger partial charge in [-0.15, -0.1) is 0 Å². The molecule has 1 aliphatic rings. The van der Waals surface area contributed by atoms with Crippen molar-refractivity contribution in [2.45, 2.75) is 36.6 Å². The van der Waals surface area contributed by atoms with Crippen molar-refractivity contribution < 1.29 is 8.42 Å². The Morgan fingerprint density at radius 1 is 1.00 bits per heavy atom. The Morgan fingerprint density at radius 2 is 1.78 bits per heavy atom. The van der Waals surface area contributed by atoms with Crippen LogP contribution in [0.5, 0.6) is 0 Å². The molecule has 1 aromatic heterocycles. The van der Waals surface area contributed by atoms with E-state index in [9.17, 15) is 8.42 Å². The van der Waals surface area contributed by atoms with Crippen molar-refractivity contribution in [2.24, 2.45) is 0 Å². The van der Waals surface area contributed by atoms with Gasteiger partial charge >= 0.3 is 0 Å². The molecule has 27 heavy (non-hydrogen) atoms. The van der Waals surface area contributed by atoms with E-state index in [0.717, 1.165) is 43.5 Å². The first kappa shape index (κ1) is 18.1. The average molecular weight is 384 g/mol. The van der Waals surface area contributed by atoms with Crippen LogP contribution in [0.25, 0.3) is 10.9 Å². The summed E-state index contributed by atoms with van der Waals surface area (Å²) >= 11 is 0. The quantitative estimate of drug-likeness (QED) is 0.540. The summed E-state index contributed by atoms with van der Waals surface area (Å²) < 4.78 is 28.6. The van der Waals surface area contributed by atoms with Crippen LogP contribution in [-0.4, -0.2) is 37.5 Å². The molecule has 0 bridgehead atoms. The predicted molar refractivity (Wildman–Crippen MR) is 110 cm³/mol. The third-order valence-corrected chi connectivity index (χ3v) is 7.30. The van der Waals surface area contributed by atoms with Crippen LogP contribution in [0.15, 0.2) is 58.5 Å². The number of sulfone groups is 1. The van der Waals surface area contributed by atoms with Crippen LogP contribution in [0.3, 0.4) is 0 Å². The van der Waals surface area contributed by atoms with Crippen molar-refractivity contribution in [3.05, 3.63) is 48.7 Å². The van der Waals surface area contributed by atoms with Crippen LogP contribution in [0.2, 0.25) is 0 Å². The topological polar surface area (TPSA) is 54.3 Å². The van der Waals surface area contributed by atoms with Crippen molar-refractivity contribution in [1.82, 2.24) is 9.47 Å². The monoisotopic (exact) mass is 383 g/mol. The molecule has 0 fully saturated rings. The summed E-state index contributed by atoms with van der Waals surface area (Å²) in [4.78, 5) is 3.14. The van der Waals surface area contributed by atoms with Gasteiger partial charge in [-0.05, 0) is 56.4 Å². The highest BCUT2D eigenvalue weighted by Gasteiger charge is 2.31. The van der Waals surface area contributed by atoms with Gasteiger partial charge in [0.05, 0.1) is 16.3 Å². The minimum absolute atomic E-state index is 0.347. The lowest BCUT2D eigenvalue weighted by Gasteiger charge is -2.22. The zero-order chi connectivity index (χ0) is 19.0. The highest BCUT2D eigenvalue weighted by Crippen LogP contribution is 2.43. The summed E-state index contributed by atoms with van der Waals surface area (Å²) in [5, 5.41) is 4.06. The van der Waals surface area contributed by atoms with Crippen LogP contribution < -0.4 is 5.32 Å². The van der Waals surface area contributed by atoms with E-state index in [1.165, 1.54) is 0 Å². The van der Waals surface area contributed by atoms with Gasteiger partial charge in [-0.1, -0.05) is 26.0 Å². The number of aryl methyl sites for hydroxylation is 1. The van der Waals surface area contributed by atoms with E-state index in [1.54, 1.807) is 18.2 Å². The number of nitrogens with zero attached hydrogens (tertiary/aromatic N) is 2. The molecule has 2 heterocycles. The second-order valence-corrected chi connectivity index (χ2v) is 8.74. The summed E-state index contributed by atoms with van der Waals surface area (Å²) in [5.74, 6) is 0. The molecular weight excluding hydrogens is 358 g/mol. The van der Waals surface area contributed by atoms with Gasteiger partial charge in [0, 0.05) is 23.6 Å². The molecule has 0 saturated heterocycles. The van der Waals surface area contributed by atoms with E-state index >= 15 is 0 Å². The van der Waals surface area contributed by atoms with Gasteiger partial charge < -0.3 is 14.8 Å². The molecule has 1 aliphatic heterocycles. The van der Waals surface area contributed by atoms with Crippen molar-refractivity contribution >= 4 is 32.1 Å². The normalized spacial score (nSPS) is 14.8. The Morgan fingerprint density at radius 3 is 2.56 bits per heavy atom. The lowest BCUT2D eigenvalue weighted by Crippen LogP contribution is -2.24. The number of fused-ring (bicyclic) bond motifs is 4. The van der Waals surface area contributed by atoms with Crippen molar-refractivity contribution in [2.75, 3.05) is 25.0 Å². The van der Waals surface area contributed by atoms with Gasteiger partial charge in [0.25, 0.3) is 0 Å². The third kappa shape index (κ3) is 3.03. The second kappa shape index (κ2) is 7.02. The molecule has 0 radical (unpaired) electrons. The molecule has 1 N–H and O–H groups in total. The Labute approximate surface area is 160 Å². The molecule has 5 nitrogen and oxygen atoms in total. The highest BCUT2D eigenvalue weighted by atomic mass is 32.2. The average Bonchev–Trinajstić information content (AvgIpc) is 3.08. The molecule has 0 spiro atoms. The minimum atomic E-state index is -3.54. The smallest absolute Gasteiger partial charge is 0.211 e. The summed E-state index contributed by atoms with van der Waals surface area (Å²) in [6, 6.07) is 12.9. The molecule has 0 unspecified atom stereocenters. The minimum Gasteiger partial charge on any atom is -0.353 e. The first-order valence-electron chi connectivity index (χ1n) is 9.51. The van der Waals surface area contributed by atoms with E-state index in [-0.39, 0.29) is 0 Å². The predicted octanol–water partition coefficient (Wildman–Crippen LogP) is 4.26. The van der Waals surface area contributed by atoms with Crippen molar-refractivity contribution in [3.8, 4) is 0 Å². The third-order valence-electron chi connectivity index (χ3n) is 5.39. The van der Waals surface area contributed by atoms with Gasteiger partial charge in [-0.25, -0.2) is 8.42 Å². The standard InChI is InChI=1S/C21H25N3O2S/c1-3-23(4-2)13-7-14-24-15-12-16-19(24)11-10-18-21(16)27(25,26)20-9-6-5-8-17(20)22-18/h5-6,8-12,15,22H,3-4,7,13-14H2,1-2H3. The molecule has 0 amide bonds. The molecule has 2 aromatic carbocycles. The lowest BCUT2D eigenvalue weighted by atomic mass is 10.2. The Hall–Kier alpha value is -2.31. The van der Waals surface area contributed by atoms with Gasteiger partial charge in [0.2, 0.25) is 9.84 Å². The van der Waals surface area contributed by atoms with Crippen LogP contribution in [0.1, 0.15) is 20.3 Å². The van der Waals surface area contributed by atoms with E-state index in [0.29, 0.717) is 21.2 Å². The Bertz CT molecular complexity index is 1080. The van der Waals surface area contributed by atoms with Gasteiger partial charge in [-0.2, -0.15) is 0 Å². The zero-order valence-electron chi connectivity index (χ0n) is 15.8. The first-order chi connectivity index (χ1) is 13.1. The largest absolute Gasteiger partial charge is 0.353 e.